The molecule has 3 nitrogen and oxygen atoms in total. The molecule has 0 amide bonds. The molecule has 86 valence electrons. The van der Waals surface area contributed by atoms with E-state index in [9.17, 15) is 4.79 Å². The van der Waals surface area contributed by atoms with Crippen LogP contribution in [0.4, 0.5) is 0 Å². The first-order chi connectivity index (χ1) is 7.58. The number of aliphatic carboxylic acids is 1. The van der Waals surface area contributed by atoms with Crippen molar-refractivity contribution in [2.24, 2.45) is 0 Å². The third-order valence-electron chi connectivity index (χ3n) is 2.78. The Bertz CT molecular complexity index is 422. The van der Waals surface area contributed by atoms with Crippen molar-refractivity contribution in [1.29, 1.82) is 0 Å². The summed E-state index contributed by atoms with van der Waals surface area (Å²) in [5, 5.41) is 13.1. The van der Waals surface area contributed by atoms with Gasteiger partial charge in [0.05, 0.1) is 0 Å². The smallest absolute Gasteiger partial charge is 0.320 e. The number of hydrogen-bond acceptors (Lipinski definition) is 2. The molecular weight excluding hydrogens is 249 g/mol. The summed E-state index contributed by atoms with van der Waals surface area (Å²) in [7, 11) is 0. The van der Waals surface area contributed by atoms with Crippen molar-refractivity contribution in [1.82, 2.24) is 5.32 Å². The molecular formula is C11H11Cl2NO2. The monoisotopic (exact) mass is 259 g/mol. The zero-order valence-electron chi connectivity index (χ0n) is 8.41. The maximum atomic E-state index is 10.8. The number of hydrogen-bond donors (Lipinski definition) is 2. The van der Waals surface area contributed by atoms with Crippen LogP contribution in [0, 0.1) is 0 Å². The fraction of sp³-hybridized carbons (Fsp3) is 0.364. The lowest BCUT2D eigenvalue weighted by atomic mass is 10.1. The van der Waals surface area contributed by atoms with Gasteiger partial charge in [-0.2, -0.15) is 0 Å². The summed E-state index contributed by atoms with van der Waals surface area (Å²) < 4.78 is 0. The lowest BCUT2D eigenvalue weighted by molar-refractivity contribution is -0.139. The minimum Gasteiger partial charge on any atom is -0.480 e. The largest absolute Gasteiger partial charge is 0.480 e. The summed E-state index contributed by atoms with van der Waals surface area (Å²) in [5.74, 6) is -0.819. The maximum Gasteiger partial charge on any atom is 0.320 e. The predicted octanol–water partition coefficient (Wildman–Crippen LogP) is 2.87. The normalized spacial score (nSPS) is 24.6. The van der Waals surface area contributed by atoms with Crippen LogP contribution in [0.2, 0.25) is 10.0 Å². The summed E-state index contributed by atoms with van der Waals surface area (Å²) in [6.45, 7) is 0. The highest BCUT2D eigenvalue weighted by Gasteiger charge is 2.30. The number of benzene rings is 1. The second-order valence-corrected chi connectivity index (χ2v) is 4.70. The zero-order chi connectivity index (χ0) is 11.7. The third kappa shape index (κ3) is 2.32. The molecule has 1 saturated heterocycles. The van der Waals surface area contributed by atoms with Gasteiger partial charge >= 0.3 is 5.97 Å². The van der Waals surface area contributed by atoms with E-state index in [4.69, 9.17) is 28.3 Å². The quantitative estimate of drug-likeness (QED) is 0.859. The summed E-state index contributed by atoms with van der Waals surface area (Å²) >= 11 is 11.9. The van der Waals surface area contributed by atoms with E-state index in [2.05, 4.69) is 5.32 Å². The Kier molecular flexibility index (Phi) is 3.38. The Balaban J connectivity index is 2.20. The SMILES string of the molecule is O=C(O)C1CCC(c2cc(Cl)ccc2Cl)N1. The highest BCUT2D eigenvalue weighted by molar-refractivity contribution is 6.33. The average Bonchev–Trinajstić information content (AvgIpc) is 2.70. The van der Waals surface area contributed by atoms with Crippen LogP contribution in [-0.4, -0.2) is 17.1 Å². The second kappa shape index (κ2) is 4.62. The highest BCUT2D eigenvalue weighted by atomic mass is 35.5. The molecule has 1 aliphatic heterocycles. The summed E-state index contributed by atoms with van der Waals surface area (Å²) in [6, 6.07) is 4.73. The lowest BCUT2D eigenvalue weighted by Gasteiger charge is -2.14. The molecule has 0 radical (unpaired) electrons. The van der Waals surface area contributed by atoms with Crippen molar-refractivity contribution >= 4 is 29.2 Å². The van der Waals surface area contributed by atoms with Gasteiger partial charge in [0.15, 0.2) is 0 Å². The van der Waals surface area contributed by atoms with E-state index in [-0.39, 0.29) is 6.04 Å². The van der Waals surface area contributed by atoms with Gasteiger partial charge < -0.3 is 5.11 Å². The van der Waals surface area contributed by atoms with Gasteiger partial charge in [-0.3, -0.25) is 10.1 Å². The van der Waals surface area contributed by atoms with Gasteiger partial charge in [0.1, 0.15) is 6.04 Å². The average molecular weight is 260 g/mol. The van der Waals surface area contributed by atoms with Crippen molar-refractivity contribution in [2.75, 3.05) is 0 Å². The Morgan fingerprint density at radius 1 is 1.38 bits per heavy atom. The van der Waals surface area contributed by atoms with Crippen LogP contribution in [0.5, 0.6) is 0 Å². The molecule has 0 bridgehead atoms. The molecule has 0 aliphatic carbocycles. The summed E-state index contributed by atoms with van der Waals surface area (Å²) in [6.07, 6.45) is 1.37. The van der Waals surface area contributed by atoms with Crippen LogP contribution in [0.15, 0.2) is 18.2 Å². The van der Waals surface area contributed by atoms with Gasteiger partial charge in [-0.25, -0.2) is 0 Å². The molecule has 1 aliphatic rings. The van der Waals surface area contributed by atoms with Crippen LogP contribution in [0.25, 0.3) is 0 Å². The van der Waals surface area contributed by atoms with Gasteiger partial charge in [0, 0.05) is 16.1 Å². The molecule has 1 aromatic rings. The van der Waals surface area contributed by atoms with Gasteiger partial charge in [0.2, 0.25) is 0 Å². The lowest BCUT2D eigenvalue weighted by Crippen LogP contribution is -2.31. The number of rotatable bonds is 2. The molecule has 5 heteroatoms. The van der Waals surface area contributed by atoms with Crippen LogP contribution in [-0.2, 0) is 4.79 Å². The predicted molar refractivity (Wildman–Crippen MR) is 63.0 cm³/mol. The molecule has 1 aromatic carbocycles. The van der Waals surface area contributed by atoms with E-state index in [1.54, 1.807) is 18.2 Å². The fourth-order valence-electron chi connectivity index (χ4n) is 1.96. The van der Waals surface area contributed by atoms with Crippen LogP contribution in [0.3, 0.4) is 0 Å². The Labute approximate surface area is 103 Å². The zero-order valence-corrected chi connectivity index (χ0v) is 9.92. The minimum atomic E-state index is -0.819. The first kappa shape index (κ1) is 11.7. The standard InChI is InChI=1S/C11H11Cl2NO2/c12-6-1-2-8(13)7(5-6)9-3-4-10(14-9)11(15)16/h1-2,5,9-10,14H,3-4H2,(H,15,16). The molecule has 2 unspecified atom stereocenters. The van der Waals surface area contributed by atoms with E-state index in [0.29, 0.717) is 16.5 Å². The van der Waals surface area contributed by atoms with Crippen molar-refractivity contribution in [2.45, 2.75) is 24.9 Å². The van der Waals surface area contributed by atoms with Gasteiger partial charge in [-0.05, 0) is 36.6 Å². The first-order valence-corrected chi connectivity index (χ1v) is 5.77. The number of carboxylic acid groups (broad SMARTS) is 1. The summed E-state index contributed by atoms with van der Waals surface area (Å²) in [5.41, 5.74) is 0.873. The Morgan fingerprint density at radius 3 is 2.75 bits per heavy atom. The number of carboxylic acids is 1. The molecule has 2 rings (SSSR count). The van der Waals surface area contributed by atoms with E-state index in [1.165, 1.54) is 0 Å². The van der Waals surface area contributed by atoms with Crippen LogP contribution in [0.1, 0.15) is 24.4 Å². The topological polar surface area (TPSA) is 49.3 Å². The molecule has 1 fully saturated rings. The van der Waals surface area contributed by atoms with Crippen molar-refractivity contribution < 1.29 is 9.90 Å². The van der Waals surface area contributed by atoms with Gasteiger partial charge in [0.25, 0.3) is 0 Å². The molecule has 1 heterocycles. The van der Waals surface area contributed by atoms with Crippen LogP contribution < -0.4 is 5.32 Å². The van der Waals surface area contributed by atoms with Crippen LogP contribution >= 0.6 is 23.2 Å². The Hall–Kier alpha value is -0.770. The molecule has 0 saturated carbocycles. The van der Waals surface area contributed by atoms with Crippen molar-refractivity contribution in [3.63, 3.8) is 0 Å². The minimum absolute atomic E-state index is 0.0210. The maximum absolute atomic E-state index is 10.8. The van der Waals surface area contributed by atoms with E-state index in [1.807, 2.05) is 0 Å². The fourth-order valence-corrected chi connectivity index (χ4v) is 2.39. The van der Waals surface area contributed by atoms with E-state index < -0.39 is 12.0 Å². The molecule has 16 heavy (non-hydrogen) atoms. The first-order valence-electron chi connectivity index (χ1n) is 5.01. The molecule has 2 atom stereocenters. The Morgan fingerprint density at radius 2 is 2.12 bits per heavy atom. The number of nitrogens with one attached hydrogen (secondary N) is 1. The van der Waals surface area contributed by atoms with Crippen molar-refractivity contribution in [3.05, 3.63) is 33.8 Å². The van der Waals surface area contributed by atoms with E-state index in [0.717, 1.165) is 12.0 Å². The van der Waals surface area contributed by atoms with Gasteiger partial charge in [-0.1, -0.05) is 23.2 Å². The molecule has 0 spiro atoms. The highest BCUT2D eigenvalue weighted by Crippen LogP contribution is 2.33. The molecule has 2 N–H and O–H groups in total. The second-order valence-electron chi connectivity index (χ2n) is 3.85. The number of carbonyl (C=O) groups is 1. The van der Waals surface area contributed by atoms with Crippen molar-refractivity contribution in [3.8, 4) is 0 Å². The van der Waals surface area contributed by atoms with Gasteiger partial charge in [-0.15, -0.1) is 0 Å². The van der Waals surface area contributed by atoms with E-state index >= 15 is 0 Å². The third-order valence-corrected chi connectivity index (χ3v) is 3.36. The molecule has 0 aromatic heterocycles. The summed E-state index contributed by atoms with van der Waals surface area (Å²) in [4.78, 5) is 10.8. The number of halogens is 2.